The average molecular weight is 482 g/mol. The zero-order valence-electron chi connectivity index (χ0n) is 22.2. The minimum Gasteiger partial charge on any atom is -0.494 e. The molecule has 3 rings (SSSR count). The summed E-state index contributed by atoms with van der Waals surface area (Å²) < 4.78 is 18.0. The van der Waals surface area contributed by atoms with E-state index in [1.807, 2.05) is 18.3 Å². The molecule has 1 aliphatic heterocycles. The van der Waals surface area contributed by atoms with Crippen LogP contribution in [-0.4, -0.2) is 24.8 Å². The van der Waals surface area contributed by atoms with Gasteiger partial charge in [0.2, 0.25) is 0 Å². The van der Waals surface area contributed by atoms with E-state index in [0.29, 0.717) is 5.92 Å². The Morgan fingerprint density at radius 2 is 1.37 bits per heavy atom. The van der Waals surface area contributed by atoms with E-state index in [9.17, 15) is 0 Å². The van der Waals surface area contributed by atoms with Crippen LogP contribution in [0.25, 0.3) is 11.3 Å². The third-order valence-electron chi connectivity index (χ3n) is 6.91. The van der Waals surface area contributed by atoms with Crippen molar-refractivity contribution in [3.63, 3.8) is 0 Å². The second-order valence-corrected chi connectivity index (χ2v) is 10.0. The number of ether oxygens (including phenoxy) is 3. The predicted octanol–water partition coefficient (Wildman–Crippen LogP) is 8.90. The molecule has 0 N–H and O–H groups in total. The molecule has 0 radical (unpaired) electrons. The number of benzene rings is 1. The van der Waals surface area contributed by atoms with E-state index in [1.165, 1.54) is 77.0 Å². The summed E-state index contributed by atoms with van der Waals surface area (Å²) in [7, 11) is 0. The van der Waals surface area contributed by atoms with Gasteiger partial charge in [-0.05, 0) is 43.2 Å². The summed E-state index contributed by atoms with van der Waals surface area (Å²) in [4.78, 5) is 4.67. The molecule has 194 valence electrons. The van der Waals surface area contributed by atoms with Crippen LogP contribution in [0.1, 0.15) is 109 Å². The molecule has 1 fully saturated rings. The number of hydrogen-bond donors (Lipinski definition) is 0. The Hall–Kier alpha value is -1.91. The lowest BCUT2D eigenvalue weighted by Crippen LogP contribution is -2.27. The molecular formula is C31H47NO3. The van der Waals surface area contributed by atoms with Crippen LogP contribution >= 0.6 is 0 Å². The third kappa shape index (κ3) is 10.3. The Labute approximate surface area is 213 Å². The van der Waals surface area contributed by atoms with Gasteiger partial charge in [0.1, 0.15) is 5.75 Å². The van der Waals surface area contributed by atoms with Crippen LogP contribution in [-0.2, 0) is 9.47 Å². The summed E-state index contributed by atoms with van der Waals surface area (Å²) in [6.07, 6.45) is 18.5. The zero-order valence-corrected chi connectivity index (χ0v) is 22.2. The molecule has 0 atom stereocenters. The van der Waals surface area contributed by atoms with Gasteiger partial charge in [0.25, 0.3) is 0 Å². The summed E-state index contributed by atoms with van der Waals surface area (Å²) >= 11 is 0. The van der Waals surface area contributed by atoms with Crippen LogP contribution in [0, 0.1) is 5.92 Å². The first kappa shape index (κ1) is 27.7. The molecule has 2 heterocycles. The van der Waals surface area contributed by atoms with Gasteiger partial charge in [-0.1, -0.05) is 90.5 Å². The topological polar surface area (TPSA) is 40.6 Å². The van der Waals surface area contributed by atoms with Crippen molar-refractivity contribution in [1.82, 2.24) is 4.98 Å². The molecule has 1 aromatic heterocycles. The molecule has 4 nitrogen and oxygen atoms in total. The molecule has 0 bridgehead atoms. The SMILES string of the molecule is CCCCCCCCCOc1ccc(-c2ccc([C@H]3OC[C@H](CCCCCCC)CO3)cn2)cc1. The minimum absolute atomic E-state index is 0.296. The van der Waals surface area contributed by atoms with Crippen molar-refractivity contribution in [3.8, 4) is 17.0 Å². The molecule has 0 saturated carbocycles. The number of hydrogen-bond acceptors (Lipinski definition) is 4. The maximum absolute atomic E-state index is 6.02. The van der Waals surface area contributed by atoms with Crippen molar-refractivity contribution in [3.05, 3.63) is 48.2 Å². The molecule has 4 heteroatoms. The Morgan fingerprint density at radius 3 is 2.00 bits per heavy atom. The Kier molecular flexibility index (Phi) is 13.2. The van der Waals surface area contributed by atoms with Crippen molar-refractivity contribution < 1.29 is 14.2 Å². The normalized spacial score (nSPS) is 18.0. The Balaban J connectivity index is 1.35. The van der Waals surface area contributed by atoms with Gasteiger partial charge in [0, 0.05) is 23.2 Å². The summed E-state index contributed by atoms with van der Waals surface area (Å²) in [5.74, 6) is 1.45. The highest BCUT2D eigenvalue weighted by Gasteiger charge is 2.23. The molecule has 35 heavy (non-hydrogen) atoms. The fraction of sp³-hybridized carbons (Fsp3) is 0.645. The van der Waals surface area contributed by atoms with Gasteiger partial charge in [-0.2, -0.15) is 0 Å². The Bertz CT molecular complexity index is 782. The first-order chi connectivity index (χ1) is 17.3. The largest absolute Gasteiger partial charge is 0.494 e. The predicted molar refractivity (Wildman–Crippen MR) is 145 cm³/mol. The summed E-state index contributed by atoms with van der Waals surface area (Å²) in [6, 6.07) is 12.4. The van der Waals surface area contributed by atoms with Gasteiger partial charge in [0.15, 0.2) is 6.29 Å². The van der Waals surface area contributed by atoms with Crippen LogP contribution in [0.5, 0.6) is 5.75 Å². The first-order valence-corrected chi connectivity index (χ1v) is 14.2. The van der Waals surface area contributed by atoms with Crippen molar-refractivity contribution >= 4 is 0 Å². The fourth-order valence-corrected chi connectivity index (χ4v) is 4.63. The van der Waals surface area contributed by atoms with Gasteiger partial charge in [-0.3, -0.25) is 4.98 Å². The second kappa shape index (κ2) is 16.7. The lowest BCUT2D eigenvalue weighted by Gasteiger charge is -2.29. The number of pyridine rings is 1. The highest BCUT2D eigenvalue weighted by atomic mass is 16.7. The number of aromatic nitrogens is 1. The Morgan fingerprint density at radius 1 is 0.743 bits per heavy atom. The lowest BCUT2D eigenvalue weighted by atomic mass is 10.0. The van der Waals surface area contributed by atoms with Crippen LogP contribution < -0.4 is 4.74 Å². The highest BCUT2D eigenvalue weighted by molar-refractivity contribution is 5.60. The third-order valence-corrected chi connectivity index (χ3v) is 6.91. The van der Waals surface area contributed by atoms with Gasteiger partial charge in [-0.15, -0.1) is 0 Å². The average Bonchev–Trinajstić information content (AvgIpc) is 2.91. The zero-order chi connectivity index (χ0) is 24.6. The summed E-state index contributed by atoms with van der Waals surface area (Å²) in [6.45, 7) is 6.87. The van der Waals surface area contributed by atoms with Crippen LogP contribution in [0.2, 0.25) is 0 Å². The molecule has 0 aliphatic carbocycles. The monoisotopic (exact) mass is 481 g/mol. The lowest BCUT2D eigenvalue weighted by molar-refractivity contribution is -0.206. The van der Waals surface area contributed by atoms with E-state index in [4.69, 9.17) is 14.2 Å². The van der Waals surface area contributed by atoms with Gasteiger partial charge in [-0.25, -0.2) is 0 Å². The van der Waals surface area contributed by atoms with Crippen molar-refractivity contribution in [1.29, 1.82) is 0 Å². The maximum Gasteiger partial charge on any atom is 0.185 e. The molecule has 0 amide bonds. The van der Waals surface area contributed by atoms with Crippen LogP contribution in [0.4, 0.5) is 0 Å². The fourth-order valence-electron chi connectivity index (χ4n) is 4.63. The number of nitrogens with zero attached hydrogens (tertiary/aromatic N) is 1. The number of unbranched alkanes of at least 4 members (excludes halogenated alkanes) is 10. The van der Waals surface area contributed by atoms with Gasteiger partial charge >= 0.3 is 0 Å². The summed E-state index contributed by atoms with van der Waals surface area (Å²) in [5.41, 5.74) is 3.03. The van der Waals surface area contributed by atoms with E-state index < -0.39 is 0 Å². The van der Waals surface area contributed by atoms with E-state index >= 15 is 0 Å². The molecular weight excluding hydrogens is 434 g/mol. The molecule has 1 saturated heterocycles. The van der Waals surface area contributed by atoms with Crippen molar-refractivity contribution in [2.75, 3.05) is 19.8 Å². The maximum atomic E-state index is 6.02. The van der Waals surface area contributed by atoms with Gasteiger partial charge in [0.05, 0.1) is 25.5 Å². The molecule has 1 aromatic carbocycles. The van der Waals surface area contributed by atoms with E-state index in [1.54, 1.807) is 0 Å². The smallest absolute Gasteiger partial charge is 0.185 e. The highest BCUT2D eigenvalue weighted by Crippen LogP contribution is 2.28. The van der Waals surface area contributed by atoms with E-state index in [2.05, 4.69) is 43.1 Å². The molecule has 0 spiro atoms. The molecule has 2 aromatic rings. The van der Waals surface area contributed by atoms with Crippen molar-refractivity contribution in [2.24, 2.45) is 5.92 Å². The standard InChI is InChI=1S/C31H47NO3/c1-3-5-7-9-10-12-14-22-33-29-19-16-27(17-20-29)30-21-18-28(23-32-30)31-34-24-26(25-35-31)15-13-11-8-6-4-2/h16-21,23,26,31H,3-15,22,24-25H2,1-2H3/t26-,31-. The van der Waals surface area contributed by atoms with Crippen LogP contribution in [0.3, 0.4) is 0 Å². The second-order valence-electron chi connectivity index (χ2n) is 10.0. The molecule has 1 aliphatic rings. The van der Waals surface area contributed by atoms with E-state index in [0.717, 1.165) is 48.8 Å². The first-order valence-electron chi connectivity index (χ1n) is 14.2. The quantitative estimate of drug-likeness (QED) is 0.211. The van der Waals surface area contributed by atoms with E-state index in [-0.39, 0.29) is 6.29 Å². The van der Waals surface area contributed by atoms with Gasteiger partial charge < -0.3 is 14.2 Å². The molecule has 0 unspecified atom stereocenters. The summed E-state index contributed by atoms with van der Waals surface area (Å²) in [5, 5.41) is 0. The van der Waals surface area contributed by atoms with Crippen molar-refractivity contribution in [2.45, 2.75) is 104 Å². The van der Waals surface area contributed by atoms with Crippen LogP contribution in [0.15, 0.2) is 42.6 Å². The number of rotatable bonds is 17. The minimum atomic E-state index is -0.296.